The Morgan fingerprint density at radius 2 is 1.24 bits per heavy atom. The van der Waals surface area contributed by atoms with Crippen LogP contribution in [0.4, 0.5) is 0 Å². The Balaban J connectivity index is 2.08. The second-order valence-electron chi connectivity index (χ2n) is 13.7. The van der Waals surface area contributed by atoms with Gasteiger partial charge in [0.05, 0.1) is 20.2 Å². The molecule has 2 aromatic rings. The van der Waals surface area contributed by atoms with Crippen molar-refractivity contribution >= 4 is 53.3 Å². The van der Waals surface area contributed by atoms with Gasteiger partial charge < -0.3 is 52.8 Å². The number of rotatable bonds is 23. The van der Waals surface area contributed by atoms with Gasteiger partial charge in [-0.05, 0) is 48.4 Å². The van der Waals surface area contributed by atoms with Crippen LogP contribution in [0.2, 0.25) is 0 Å². The average Bonchev–Trinajstić information content (AvgIpc) is 3.16. The Morgan fingerprint density at radius 1 is 0.672 bits per heavy atom. The highest BCUT2D eigenvalue weighted by Gasteiger charge is 2.31. The van der Waals surface area contributed by atoms with E-state index in [4.69, 9.17) is 20.9 Å². The zero-order valence-corrected chi connectivity index (χ0v) is 33.4. The summed E-state index contributed by atoms with van der Waals surface area (Å²) in [5.74, 6) is -5.01. The number of carbonyl (C=O) groups is 8. The molecule has 0 spiro atoms. The summed E-state index contributed by atoms with van der Waals surface area (Å²) < 4.78 is 9.86. The fourth-order valence-corrected chi connectivity index (χ4v) is 5.53. The standard InChI is InChI=1S/C39H55N9O10/c1-23(2)18-30(36(54)47-29(38(56)57-5)12-9-17-42-39(40)41)48-37(55)32(19-26-10-7-6-8-11-26)46-34(52)22-43-33(51)21-44-35(53)31(45-24(3)49)20-27-13-15-28(16-14-27)58-25(4)50/h6-8,10-11,13-16,23,29-32H,9,12,17-22H2,1-5H3,(H,43,51)(H,44,53)(H,45,49)(H,46,52)(H,47,54)(H,48,55)(H4,40,41,42)/t29-,30-,31-,32-/m0/s1. The SMILES string of the molecule is COC(=O)[C@H](CCCN=C(N)N)NC(=O)[C@H](CC(C)C)NC(=O)[C@H](Cc1ccccc1)NC(=O)CNC(=O)CNC(=O)[C@H](Cc1ccc(OC(C)=O)cc1)NC(C)=O. The van der Waals surface area contributed by atoms with E-state index in [0.29, 0.717) is 23.3 Å². The number of methoxy groups -OCH3 is 1. The maximum Gasteiger partial charge on any atom is 0.328 e. The van der Waals surface area contributed by atoms with Crippen LogP contribution in [0.25, 0.3) is 0 Å². The molecule has 58 heavy (non-hydrogen) atoms. The maximum absolute atomic E-state index is 13.8. The summed E-state index contributed by atoms with van der Waals surface area (Å²) in [5.41, 5.74) is 12.1. The molecule has 2 aromatic carbocycles. The zero-order valence-electron chi connectivity index (χ0n) is 33.4. The van der Waals surface area contributed by atoms with Crippen molar-refractivity contribution < 1.29 is 47.8 Å². The first kappa shape index (κ1) is 47.6. The lowest BCUT2D eigenvalue weighted by Crippen LogP contribution is -2.57. The first-order valence-corrected chi connectivity index (χ1v) is 18.6. The Labute approximate surface area is 337 Å². The molecule has 0 heterocycles. The molecule has 0 unspecified atom stereocenters. The van der Waals surface area contributed by atoms with Crippen molar-refractivity contribution in [2.45, 2.75) is 84.0 Å². The molecule has 10 N–H and O–H groups in total. The summed E-state index contributed by atoms with van der Waals surface area (Å²) in [6.45, 7) is 5.31. The van der Waals surface area contributed by atoms with Gasteiger partial charge in [0.15, 0.2) is 5.96 Å². The van der Waals surface area contributed by atoms with Gasteiger partial charge in [-0.15, -0.1) is 0 Å². The minimum Gasteiger partial charge on any atom is -0.467 e. The maximum atomic E-state index is 13.8. The van der Waals surface area contributed by atoms with Crippen LogP contribution in [0.1, 0.15) is 58.1 Å². The third-order valence-corrected chi connectivity index (χ3v) is 8.21. The van der Waals surface area contributed by atoms with Crippen LogP contribution in [0, 0.1) is 5.92 Å². The summed E-state index contributed by atoms with van der Waals surface area (Å²) in [7, 11) is 1.18. The van der Waals surface area contributed by atoms with E-state index < -0.39 is 84.6 Å². The summed E-state index contributed by atoms with van der Waals surface area (Å²) in [4.78, 5) is 105. The molecule has 19 nitrogen and oxygen atoms in total. The molecule has 0 saturated carbocycles. The van der Waals surface area contributed by atoms with Gasteiger partial charge in [0.2, 0.25) is 35.4 Å². The lowest BCUT2D eigenvalue weighted by atomic mass is 10.0. The van der Waals surface area contributed by atoms with Crippen molar-refractivity contribution in [1.82, 2.24) is 31.9 Å². The Bertz CT molecular complexity index is 1750. The van der Waals surface area contributed by atoms with Gasteiger partial charge in [0.1, 0.15) is 29.9 Å². The van der Waals surface area contributed by atoms with Crippen LogP contribution in [0.3, 0.4) is 0 Å². The molecule has 0 bridgehead atoms. The lowest BCUT2D eigenvalue weighted by Gasteiger charge is -2.26. The van der Waals surface area contributed by atoms with Crippen LogP contribution in [0.5, 0.6) is 5.75 Å². The van der Waals surface area contributed by atoms with Crippen LogP contribution in [-0.4, -0.2) is 104 Å². The number of amides is 6. The van der Waals surface area contributed by atoms with E-state index >= 15 is 0 Å². The van der Waals surface area contributed by atoms with E-state index in [1.165, 1.54) is 33.1 Å². The highest BCUT2D eigenvalue weighted by atomic mass is 16.5. The molecule has 4 atom stereocenters. The Hall–Kier alpha value is -6.53. The van der Waals surface area contributed by atoms with E-state index in [2.05, 4.69) is 36.9 Å². The summed E-state index contributed by atoms with van der Waals surface area (Å²) >= 11 is 0. The van der Waals surface area contributed by atoms with E-state index in [0.717, 1.165) is 0 Å². The van der Waals surface area contributed by atoms with E-state index in [9.17, 15) is 38.4 Å². The van der Waals surface area contributed by atoms with E-state index in [1.807, 2.05) is 13.8 Å². The number of ether oxygens (including phenoxy) is 2. The van der Waals surface area contributed by atoms with Crippen molar-refractivity contribution in [2.24, 2.45) is 22.4 Å². The first-order chi connectivity index (χ1) is 27.5. The highest BCUT2D eigenvalue weighted by Crippen LogP contribution is 2.14. The normalized spacial score (nSPS) is 12.7. The van der Waals surface area contributed by atoms with Gasteiger partial charge in [-0.3, -0.25) is 38.6 Å². The number of esters is 2. The van der Waals surface area contributed by atoms with Gasteiger partial charge >= 0.3 is 11.9 Å². The molecule has 6 amide bonds. The highest BCUT2D eigenvalue weighted by molar-refractivity contribution is 5.95. The van der Waals surface area contributed by atoms with Crippen LogP contribution in [0.15, 0.2) is 59.6 Å². The van der Waals surface area contributed by atoms with Crippen molar-refractivity contribution in [3.05, 3.63) is 65.7 Å². The molecular weight excluding hydrogens is 754 g/mol. The average molecular weight is 810 g/mol. The molecule has 316 valence electrons. The fourth-order valence-electron chi connectivity index (χ4n) is 5.53. The van der Waals surface area contributed by atoms with Crippen molar-refractivity contribution in [3.63, 3.8) is 0 Å². The summed E-state index contributed by atoms with van der Waals surface area (Å²) in [6, 6.07) is 10.7. The molecule has 0 radical (unpaired) electrons. The molecule has 19 heteroatoms. The van der Waals surface area contributed by atoms with Gasteiger partial charge in [-0.2, -0.15) is 0 Å². The van der Waals surface area contributed by atoms with Crippen LogP contribution >= 0.6 is 0 Å². The summed E-state index contributed by atoms with van der Waals surface area (Å²) in [6.07, 6.45) is 0.793. The predicted molar refractivity (Wildman–Crippen MR) is 212 cm³/mol. The van der Waals surface area contributed by atoms with Gasteiger partial charge in [-0.25, -0.2) is 4.79 Å². The topological polar surface area (TPSA) is 292 Å². The number of carbonyl (C=O) groups excluding carboxylic acids is 8. The lowest BCUT2D eigenvalue weighted by molar-refractivity contribution is -0.145. The van der Waals surface area contributed by atoms with E-state index in [-0.39, 0.29) is 44.1 Å². The van der Waals surface area contributed by atoms with E-state index in [1.54, 1.807) is 42.5 Å². The number of benzene rings is 2. The minimum absolute atomic E-state index is 0.0328. The Morgan fingerprint density at radius 3 is 1.81 bits per heavy atom. The smallest absolute Gasteiger partial charge is 0.328 e. The number of nitrogens with two attached hydrogens (primary N) is 2. The molecule has 0 saturated heterocycles. The molecule has 0 aliphatic carbocycles. The molecular formula is C39H55N9O10. The predicted octanol–water partition coefficient (Wildman–Crippen LogP) is -1.14. The number of nitrogens with one attached hydrogen (secondary N) is 6. The number of nitrogens with zero attached hydrogens (tertiary/aromatic N) is 1. The quantitative estimate of drug-likeness (QED) is 0.0217. The number of guanidine groups is 1. The molecule has 0 aromatic heterocycles. The second-order valence-corrected chi connectivity index (χ2v) is 13.7. The van der Waals surface area contributed by atoms with Gasteiger partial charge in [0, 0.05) is 33.2 Å². The van der Waals surface area contributed by atoms with Crippen molar-refractivity contribution in [3.8, 4) is 5.75 Å². The third-order valence-electron chi connectivity index (χ3n) is 8.21. The number of hydrogen-bond donors (Lipinski definition) is 8. The zero-order chi connectivity index (χ0) is 43.2. The minimum atomic E-state index is -1.19. The molecule has 0 aliphatic heterocycles. The fraction of sp³-hybridized carbons (Fsp3) is 0.462. The number of aliphatic imine (C=N–C) groups is 1. The Kier molecular flexibility index (Phi) is 20.4. The molecule has 0 fully saturated rings. The largest absolute Gasteiger partial charge is 0.467 e. The van der Waals surface area contributed by atoms with Gasteiger partial charge in [0.25, 0.3) is 0 Å². The number of hydrogen-bond acceptors (Lipinski definition) is 11. The third kappa shape index (κ3) is 18.9. The van der Waals surface area contributed by atoms with Crippen LogP contribution in [-0.2, 0) is 55.9 Å². The van der Waals surface area contributed by atoms with Crippen molar-refractivity contribution in [2.75, 3.05) is 26.7 Å². The van der Waals surface area contributed by atoms with Crippen molar-refractivity contribution in [1.29, 1.82) is 0 Å². The second kappa shape index (κ2) is 24.9. The summed E-state index contributed by atoms with van der Waals surface area (Å²) in [5, 5.41) is 15.3. The monoisotopic (exact) mass is 809 g/mol. The van der Waals surface area contributed by atoms with Crippen LogP contribution < -0.4 is 48.1 Å². The molecule has 0 aliphatic rings. The molecule has 2 rings (SSSR count). The first-order valence-electron chi connectivity index (χ1n) is 18.6. The van der Waals surface area contributed by atoms with Gasteiger partial charge in [-0.1, -0.05) is 56.3 Å².